The molecule has 0 radical (unpaired) electrons. The Kier molecular flexibility index (Phi) is 6.57. The maximum Gasteiger partial charge on any atom is 0.179 e. The minimum absolute atomic E-state index is 0.0431. The molecule has 8 rings (SSSR count). The predicted octanol–water partition coefficient (Wildman–Crippen LogP) is 9.48. The number of fused-ring (bicyclic) bond motifs is 4. The molecule has 0 amide bonds. The summed E-state index contributed by atoms with van der Waals surface area (Å²) in [5.74, 6) is 0.570. The molecule has 220 valence electrons. The van der Waals surface area contributed by atoms with Crippen LogP contribution in [0.25, 0.3) is 78.0 Å². The van der Waals surface area contributed by atoms with E-state index in [1.807, 2.05) is 36.4 Å². The molecule has 0 saturated carbocycles. The number of rotatable bonds is 4. The molecule has 0 aliphatic carbocycles. The standard InChI is InChI=1S/C40H30N6/c1-40(2,3)35-21-18-28-15-14-27-17-20-31(43-36(27)37(28)45-35)26-12-10-25(11-13-26)29-16-19-30-34(24-29)44-39(33-9-5-7-23-42-33)46-38(30)32-8-4-6-22-41-32/h4-24H,1-3H3. The van der Waals surface area contributed by atoms with E-state index in [1.165, 1.54) is 0 Å². The Morgan fingerprint density at radius 3 is 1.80 bits per heavy atom. The summed E-state index contributed by atoms with van der Waals surface area (Å²) in [5, 5.41) is 3.12. The van der Waals surface area contributed by atoms with Crippen molar-refractivity contribution in [1.29, 1.82) is 0 Å². The zero-order valence-electron chi connectivity index (χ0n) is 25.8. The fourth-order valence-electron chi connectivity index (χ4n) is 5.80. The summed E-state index contributed by atoms with van der Waals surface area (Å²) < 4.78 is 0. The lowest BCUT2D eigenvalue weighted by molar-refractivity contribution is 0.571. The first-order valence-electron chi connectivity index (χ1n) is 15.4. The molecule has 8 aromatic rings. The molecule has 0 aliphatic rings. The normalized spacial score (nSPS) is 11.8. The van der Waals surface area contributed by atoms with Gasteiger partial charge in [0.25, 0.3) is 0 Å². The summed E-state index contributed by atoms with van der Waals surface area (Å²) >= 11 is 0. The molecule has 0 N–H and O–H groups in total. The minimum Gasteiger partial charge on any atom is -0.255 e. The highest BCUT2D eigenvalue weighted by Crippen LogP contribution is 2.33. The molecule has 0 bridgehead atoms. The lowest BCUT2D eigenvalue weighted by Gasteiger charge is -2.18. The van der Waals surface area contributed by atoms with Crippen LogP contribution in [0.3, 0.4) is 0 Å². The average Bonchev–Trinajstić information content (AvgIpc) is 3.11. The summed E-state index contributed by atoms with van der Waals surface area (Å²) in [6, 6.07) is 39.2. The second kappa shape index (κ2) is 10.9. The van der Waals surface area contributed by atoms with Gasteiger partial charge in [0, 0.05) is 45.2 Å². The van der Waals surface area contributed by atoms with E-state index in [0.717, 1.165) is 77.9 Å². The van der Waals surface area contributed by atoms with E-state index in [0.29, 0.717) is 5.82 Å². The van der Waals surface area contributed by atoms with Gasteiger partial charge in [-0.1, -0.05) is 87.5 Å². The van der Waals surface area contributed by atoms with Crippen molar-refractivity contribution in [1.82, 2.24) is 29.9 Å². The van der Waals surface area contributed by atoms with Crippen LogP contribution in [0.15, 0.2) is 128 Å². The Hall–Kier alpha value is -5.88. The molecule has 6 heteroatoms. The van der Waals surface area contributed by atoms with E-state index >= 15 is 0 Å². The van der Waals surface area contributed by atoms with Gasteiger partial charge < -0.3 is 0 Å². The molecule has 5 heterocycles. The van der Waals surface area contributed by atoms with Crippen LogP contribution >= 0.6 is 0 Å². The van der Waals surface area contributed by atoms with E-state index in [-0.39, 0.29) is 5.41 Å². The van der Waals surface area contributed by atoms with Gasteiger partial charge >= 0.3 is 0 Å². The Balaban J connectivity index is 1.19. The summed E-state index contributed by atoms with van der Waals surface area (Å²) in [6.07, 6.45) is 3.54. The van der Waals surface area contributed by atoms with Gasteiger partial charge in [0.05, 0.1) is 27.9 Å². The lowest BCUT2D eigenvalue weighted by Crippen LogP contribution is -2.13. The molecule has 3 aromatic carbocycles. The van der Waals surface area contributed by atoms with Crippen LogP contribution in [0.5, 0.6) is 0 Å². The third-order valence-corrected chi connectivity index (χ3v) is 8.30. The van der Waals surface area contributed by atoms with Gasteiger partial charge in [-0.25, -0.2) is 19.9 Å². The number of nitrogens with zero attached hydrogens (tertiary/aromatic N) is 6. The van der Waals surface area contributed by atoms with Crippen LogP contribution in [0.1, 0.15) is 26.5 Å². The van der Waals surface area contributed by atoms with Crippen molar-refractivity contribution in [2.45, 2.75) is 26.2 Å². The van der Waals surface area contributed by atoms with Crippen molar-refractivity contribution in [3.05, 3.63) is 133 Å². The largest absolute Gasteiger partial charge is 0.255 e. The van der Waals surface area contributed by atoms with Crippen molar-refractivity contribution in [3.63, 3.8) is 0 Å². The highest BCUT2D eigenvalue weighted by molar-refractivity contribution is 6.03. The number of benzene rings is 3. The van der Waals surface area contributed by atoms with Crippen molar-refractivity contribution < 1.29 is 0 Å². The lowest BCUT2D eigenvalue weighted by atomic mass is 9.91. The van der Waals surface area contributed by atoms with Gasteiger partial charge in [0.2, 0.25) is 0 Å². The third-order valence-electron chi connectivity index (χ3n) is 8.30. The Morgan fingerprint density at radius 1 is 0.478 bits per heavy atom. The van der Waals surface area contributed by atoms with Crippen LogP contribution in [0.2, 0.25) is 0 Å². The second-order valence-electron chi connectivity index (χ2n) is 12.5. The number of aromatic nitrogens is 6. The van der Waals surface area contributed by atoms with Crippen molar-refractivity contribution in [2.24, 2.45) is 0 Å². The van der Waals surface area contributed by atoms with E-state index < -0.39 is 0 Å². The Labute approximate surface area is 266 Å². The van der Waals surface area contributed by atoms with Crippen LogP contribution in [0.4, 0.5) is 0 Å². The first-order chi connectivity index (χ1) is 22.4. The smallest absolute Gasteiger partial charge is 0.179 e. The van der Waals surface area contributed by atoms with Crippen LogP contribution in [-0.2, 0) is 5.41 Å². The molecule has 0 unspecified atom stereocenters. The summed E-state index contributed by atoms with van der Waals surface area (Å²) in [4.78, 5) is 29.1. The van der Waals surface area contributed by atoms with Crippen LogP contribution in [0, 0.1) is 0 Å². The third kappa shape index (κ3) is 5.04. The predicted molar refractivity (Wildman–Crippen MR) is 186 cm³/mol. The molecular weight excluding hydrogens is 564 g/mol. The number of hydrogen-bond acceptors (Lipinski definition) is 6. The Bertz CT molecular complexity index is 2380. The Morgan fingerprint density at radius 2 is 1.11 bits per heavy atom. The van der Waals surface area contributed by atoms with E-state index in [1.54, 1.807) is 12.4 Å². The van der Waals surface area contributed by atoms with E-state index in [2.05, 4.69) is 110 Å². The van der Waals surface area contributed by atoms with Crippen molar-refractivity contribution >= 4 is 32.7 Å². The fraction of sp³-hybridized carbons (Fsp3) is 0.100. The van der Waals surface area contributed by atoms with E-state index in [4.69, 9.17) is 19.9 Å². The molecule has 0 fully saturated rings. The first-order valence-corrected chi connectivity index (χ1v) is 15.4. The molecule has 5 aromatic heterocycles. The van der Waals surface area contributed by atoms with Gasteiger partial charge in [0.15, 0.2) is 5.82 Å². The maximum absolute atomic E-state index is 5.13. The molecule has 0 saturated heterocycles. The molecule has 0 atom stereocenters. The first kappa shape index (κ1) is 27.7. The van der Waals surface area contributed by atoms with Gasteiger partial charge in [-0.2, -0.15) is 0 Å². The SMILES string of the molecule is CC(C)(C)c1ccc2ccc3ccc(-c4ccc(-c5ccc6c(-c7ccccn7)nc(-c7ccccn7)nc6c5)cc4)nc3c2n1. The topological polar surface area (TPSA) is 77.3 Å². The second-order valence-corrected chi connectivity index (χ2v) is 12.5. The number of hydrogen-bond donors (Lipinski definition) is 0. The molecular formula is C40H30N6. The molecule has 0 aliphatic heterocycles. The zero-order valence-corrected chi connectivity index (χ0v) is 25.8. The fourth-order valence-corrected chi connectivity index (χ4v) is 5.80. The average molecular weight is 595 g/mol. The summed E-state index contributed by atoms with van der Waals surface area (Å²) in [6.45, 7) is 6.57. The van der Waals surface area contributed by atoms with Crippen LogP contribution in [-0.4, -0.2) is 29.9 Å². The highest BCUT2D eigenvalue weighted by atomic mass is 14.9. The highest BCUT2D eigenvalue weighted by Gasteiger charge is 2.17. The van der Waals surface area contributed by atoms with Crippen LogP contribution < -0.4 is 0 Å². The van der Waals surface area contributed by atoms with Gasteiger partial charge in [-0.15, -0.1) is 0 Å². The monoisotopic (exact) mass is 594 g/mol. The summed E-state index contributed by atoms with van der Waals surface area (Å²) in [7, 11) is 0. The minimum atomic E-state index is -0.0431. The van der Waals surface area contributed by atoms with Gasteiger partial charge in [0.1, 0.15) is 11.4 Å². The van der Waals surface area contributed by atoms with Crippen molar-refractivity contribution in [2.75, 3.05) is 0 Å². The zero-order chi connectivity index (χ0) is 31.3. The van der Waals surface area contributed by atoms with Crippen molar-refractivity contribution in [3.8, 4) is 45.3 Å². The summed E-state index contributed by atoms with van der Waals surface area (Å²) in [5.41, 5.74) is 10.1. The quantitative estimate of drug-likeness (QED) is 0.189. The van der Waals surface area contributed by atoms with Gasteiger partial charge in [-0.05, 0) is 59.7 Å². The van der Waals surface area contributed by atoms with Gasteiger partial charge in [-0.3, -0.25) is 9.97 Å². The molecule has 0 spiro atoms. The molecule has 46 heavy (non-hydrogen) atoms. The maximum atomic E-state index is 5.13. The van der Waals surface area contributed by atoms with E-state index in [9.17, 15) is 0 Å². The number of pyridine rings is 4. The molecule has 6 nitrogen and oxygen atoms in total.